The Morgan fingerprint density at radius 3 is 2.65 bits per heavy atom. The van der Waals surface area contributed by atoms with Crippen molar-refractivity contribution in [1.29, 1.82) is 0 Å². The van der Waals surface area contributed by atoms with Crippen molar-refractivity contribution in [1.82, 2.24) is 4.31 Å². The minimum absolute atomic E-state index is 0.0234. The van der Waals surface area contributed by atoms with Crippen LogP contribution in [0.5, 0.6) is 0 Å². The highest BCUT2D eigenvalue weighted by Crippen LogP contribution is 2.28. The number of hydrogen-bond donors (Lipinski definition) is 2. The summed E-state index contributed by atoms with van der Waals surface area (Å²) in [6, 6.07) is 3.99. The van der Waals surface area contributed by atoms with Gasteiger partial charge in [0.05, 0.1) is 16.5 Å². The Hall–Kier alpha value is -1.64. The smallest absolute Gasteiger partial charge is 0.242 e. The molecule has 1 aromatic carbocycles. The van der Waals surface area contributed by atoms with Crippen LogP contribution in [-0.4, -0.2) is 42.9 Å². The van der Waals surface area contributed by atoms with Gasteiger partial charge in [0.1, 0.15) is 6.04 Å². The Morgan fingerprint density at radius 2 is 2.00 bits per heavy atom. The molecule has 0 saturated carbocycles. The molecule has 9 heteroatoms. The summed E-state index contributed by atoms with van der Waals surface area (Å²) < 4.78 is 26.2. The first kappa shape index (κ1) is 20.7. The lowest BCUT2D eigenvalue weighted by atomic mass is 10.0. The highest BCUT2D eigenvalue weighted by Gasteiger charge is 2.36. The first-order valence-electron chi connectivity index (χ1n) is 8.62. The van der Waals surface area contributed by atoms with Crippen LogP contribution in [0.1, 0.15) is 39.5 Å². The predicted molar refractivity (Wildman–Crippen MR) is 103 cm³/mol. The molecule has 0 bridgehead atoms. The van der Waals surface area contributed by atoms with E-state index in [0.717, 1.165) is 12.8 Å². The van der Waals surface area contributed by atoms with Crippen molar-refractivity contribution in [3.63, 3.8) is 0 Å². The molecule has 0 aliphatic carbocycles. The number of hydrogen-bond acceptors (Lipinski definition) is 4. The molecule has 1 aliphatic heterocycles. The predicted octanol–water partition coefficient (Wildman–Crippen LogP) is 2.83. The maximum atomic E-state index is 12.8. The zero-order valence-corrected chi connectivity index (χ0v) is 16.5. The third kappa shape index (κ3) is 5.18. The number of rotatable bonds is 6. The van der Waals surface area contributed by atoms with E-state index < -0.39 is 22.0 Å². The summed E-state index contributed by atoms with van der Waals surface area (Å²) in [7, 11) is -3.47. The second kappa shape index (κ2) is 8.83. The third-order valence-corrected chi connectivity index (χ3v) is 6.53. The summed E-state index contributed by atoms with van der Waals surface area (Å²) in [5.74, 6) is -0.629. The zero-order valence-electron chi connectivity index (χ0n) is 14.9. The van der Waals surface area contributed by atoms with Gasteiger partial charge in [-0.05, 0) is 37.5 Å². The number of sulfonamides is 1. The largest absolute Gasteiger partial charge is 0.326 e. The van der Waals surface area contributed by atoms with Crippen molar-refractivity contribution >= 4 is 44.8 Å². The van der Waals surface area contributed by atoms with Gasteiger partial charge in [0, 0.05) is 19.2 Å². The van der Waals surface area contributed by atoms with Crippen molar-refractivity contribution in [2.45, 2.75) is 45.6 Å². The average molecular weight is 402 g/mol. The summed E-state index contributed by atoms with van der Waals surface area (Å²) in [5.41, 5.74) is 0.831. The summed E-state index contributed by atoms with van der Waals surface area (Å²) in [6.45, 7) is 3.52. The SMILES string of the molecule is CCCS(=O)(=O)N1CCCCC1C(=O)Nc1cc(NC(C)=O)ccc1Cl. The van der Waals surface area contributed by atoms with Gasteiger partial charge in [-0.2, -0.15) is 4.31 Å². The molecule has 1 unspecified atom stereocenters. The number of piperidine rings is 1. The molecule has 2 N–H and O–H groups in total. The Kier molecular flexibility index (Phi) is 7.02. The first-order chi connectivity index (χ1) is 12.2. The molecule has 7 nitrogen and oxygen atoms in total. The average Bonchev–Trinajstić information content (AvgIpc) is 2.57. The molecule has 1 atom stereocenters. The Bertz CT molecular complexity index is 782. The molecular formula is C17H24ClN3O4S. The van der Waals surface area contributed by atoms with Gasteiger partial charge >= 0.3 is 0 Å². The molecule has 1 fully saturated rings. The summed E-state index contributed by atoms with van der Waals surface area (Å²) in [6.07, 6.45) is 2.50. The lowest BCUT2D eigenvalue weighted by Crippen LogP contribution is -2.50. The van der Waals surface area contributed by atoms with Crippen molar-refractivity contribution in [3.05, 3.63) is 23.2 Å². The number of nitrogens with zero attached hydrogens (tertiary/aromatic N) is 1. The number of carbonyl (C=O) groups is 2. The topological polar surface area (TPSA) is 95.6 Å². The van der Waals surface area contributed by atoms with Crippen LogP contribution >= 0.6 is 11.6 Å². The van der Waals surface area contributed by atoms with Crippen LogP contribution in [-0.2, 0) is 19.6 Å². The fourth-order valence-electron chi connectivity index (χ4n) is 2.99. The number of anilines is 2. The van der Waals surface area contributed by atoms with E-state index in [4.69, 9.17) is 11.6 Å². The second-order valence-electron chi connectivity index (χ2n) is 6.30. The van der Waals surface area contributed by atoms with Crippen LogP contribution in [0.25, 0.3) is 0 Å². The minimum Gasteiger partial charge on any atom is -0.326 e. The molecule has 26 heavy (non-hydrogen) atoms. The van der Waals surface area contributed by atoms with Crippen LogP contribution in [0.3, 0.4) is 0 Å². The second-order valence-corrected chi connectivity index (χ2v) is 8.75. The van der Waals surface area contributed by atoms with Crippen LogP contribution in [0.4, 0.5) is 11.4 Å². The minimum atomic E-state index is -3.47. The van der Waals surface area contributed by atoms with Crippen LogP contribution in [0.15, 0.2) is 18.2 Å². The molecule has 0 radical (unpaired) electrons. The lowest BCUT2D eigenvalue weighted by molar-refractivity contribution is -0.120. The van der Waals surface area contributed by atoms with E-state index in [1.807, 2.05) is 0 Å². The van der Waals surface area contributed by atoms with Gasteiger partial charge in [-0.3, -0.25) is 9.59 Å². The van der Waals surface area contributed by atoms with Crippen LogP contribution in [0, 0.1) is 0 Å². The van der Waals surface area contributed by atoms with Crippen molar-refractivity contribution in [2.24, 2.45) is 0 Å². The normalized spacial score (nSPS) is 18.3. The van der Waals surface area contributed by atoms with E-state index in [9.17, 15) is 18.0 Å². The Balaban J connectivity index is 2.21. The first-order valence-corrected chi connectivity index (χ1v) is 10.6. The third-order valence-electron chi connectivity index (χ3n) is 4.12. The van der Waals surface area contributed by atoms with E-state index in [1.165, 1.54) is 11.2 Å². The van der Waals surface area contributed by atoms with Crippen molar-refractivity contribution in [2.75, 3.05) is 22.9 Å². The molecule has 1 aromatic rings. The molecule has 0 aromatic heterocycles. The summed E-state index contributed by atoms with van der Waals surface area (Å²) >= 11 is 6.13. The van der Waals surface area contributed by atoms with Gasteiger partial charge < -0.3 is 10.6 Å². The fraction of sp³-hybridized carbons (Fsp3) is 0.529. The summed E-state index contributed by atoms with van der Waals surface area (Å²) in [4.78, 5) is 23.9. The monoisotopic (exact) mass is 401 g/mol. The lowest BCUT2D eigenvalue weighted by Gasteiger charge is -2.33. The number of carbonyl (C=O) groups excluding carboxylic acids is 2. The number of benzene rings is 1. The van der Waals surface area contributed by atoms with Crippen LogP contribution < -0.4 is 10.6 Å². The zero-order chi connectivity index (χ0) is 19.3. The van der Waals surface area contributed by atoms with Crippen molar-refractivity contribution in [3.8, 4) is 0 Å². The molecule has 2 amide bonds. The molecule has 1 aliphatic rings. The van der Waals surface area contributed by atoms with E-state index in [2.05, 4.69) is 10.6 Å². The van der Waals surface area contributed by atoms with E-state index in [0.29, 0.717) is 35.8 Å². The van der Waals surface area contributed by atoms with Gasteiger partial charge in [-0.25, -0.2) is 8.42 Å². The van der Waals surface area contributed by atoms with Gasteiger partial charge in [0.25, 0.3) is 0 Å². The van der Waals surface area contributed by atoms with E-state index >= 15 is 0 Å². The van der Waals surface area contributed by atoms with Crippen LogP contribution in [0.2, 0.25) is 5.02 Å². The quantitative estimate of drug-likeness (QED) is 0.766. The molecular weight excluding hydrogens is 378 g/mol. The number of nitrogens with one attached hydrogen (secondary N) is 2. The highest BCUT2D eigenvalue weighted by atomic mass is 35.5. The van der Waals surface area contributed by atoms with Gasteiger partial charge in [0.15, 0.2) is 0 Å². The van der Waals surface area contributed by atoms with Crippen molar-refractivity contribution < 1.29 is 18.0 Å². The van der Waals surface area contributed by atoms with Gasteiger partial charge in [-0.15, -0.1) is 0 Å². The maximum Gasteiger partial charge on any atom is 0.242 e. The van der Waals surface area contributed by atoms with E-state index in [1.54, 1.807) is 25.1 Å². The molecule has 0 spiro atoms. The summed E-state index contributed by atoms with van der Waals surface area (Å²) in [5, 5.41) is 5.64. The van der Waals surface area contributed by atoms with Gasteiger partial charge in [-0.1, -0.05) is 24.9 Å². The molecule has 2 rings (SSSR count). The maximum absolute atomic E-state index is 12.8. The highest BCUT2D eigenvalue weighted by molar-refractivity contribution is 7.89. The Morgan fingerprint density at radius 1 is 1.27 bits per heavy atom. The molecule has 144 valence electrons. The van der Waals surface area contributed by atoms with E-state index in [-0.39, 0.29) is 11.7 Å². The number of halogens is 1. The molecule has 1 saturated heterocycles. The number of amides is 2. The van der Waals surface area contributed by atoms with Gasteiger partial charge in [0.2, 0.25) is 21.8 Å². The standard InChI is InChI=1S/C17H24ClN3O4S/c1-3-10-26(24,25)21-9-5-4-6-16(21)17(23)20-15-11-13(19-12(2)22)7-8-14(15)18/h7-8,11,16H,3-6,9-10H2,1-2H3,(H,19,22)(H,20,23). The Labute approximate surface area is 159 Å². The molecule has 1 heterocycles. The fourth-order valence-corrected chi connectivity index (χ4v) is 4.90.